The Kier molecular flexibility index (Phi) is 3.87. The third kappa shape index (κ3) is 2.92. The molecule has 0 amide bonds. The summed E-state index contributed by atoms with van der Waals surface area (Å²) in [7, 11) is -3.47. The van der Waals surface area contributed by atoms with E-state index in [0.717, 1.165) is 30.4 Å². The van der Waals surface area contributed by atoms with Crippen molar-refractivity contribution in [3.8, 4) is 0 Å². The molecule has 4 nitrogen and oxygen atoms in total. The SMILES string of the molecule is Cc1cc(S(=O)(=O)NC2CCCC2C)cc(N)c1C. The van der Waals surface area contributed by atoms with E-state index in [0.29, 0.717) is 11.6 Å². The zero-order valence-corrected chi connectivity index (χ0v) is 12.5. The van der Waals surface area contributed by atoms with E-state index >= 15 is 0 Å². The van der Waals surface area contributed by atoms with Crippen LogP contribution in [0.15, 0.2) is 17.0 Å². The van der Waals surface area contributed by atoms with E-state index in [4.69, 9.17) is 5.73 Å². The quantitative estimate of drug-likeness (QED) is 0.836. The highest BCUT2D eigenvalue weighted by Gasteiger charge is 2.28. The van der Waals surface area contributed by atoms with Crippen LogP contribution >= 0.6 is 0 Å². The normalized spacial score (nSPS) is 23.7. The molecule has 1 saturated carbocycles. The maximum atomic E-state index is 12.4. The van der Waals surface area contributed by atoms with Gasteiger partial charge in [-0.15, -0.1) is 0 Å². The lowest BCUT2D eigenvalue weighted by Gasteiger charge is -2.18. The maximum Gasteiger partial charge on any atom is 0.240 e. The second-order valence-corrected chi connectivity index (χ2v) is 7.30. The van der Waals surface area contributed by atoms with Crippen LogP contribution in [0.3, 0.4) is 0 Å². The lowest BCUT2D eigenvalue weighted by molar-refractivity contribution is 0.476. The van der Waals surface area contributed by atoms with Crippen molar-refractivity contribution >= 4 is 15.7 Å². The molecule has 3 N–H and O–H groups in total. The average Bonchev–Trinajstić information content (AvgIpc) is 2.70. The van der Waals surface area contributed by atoms with E-state index < -0.39 is 10.0 Å². The number of aryl methyl sites for hydroxylation is 1. The second-order valence-electron chi connectivity index (χ2n) is 5.59. The van der Waals surface area contributed by atoms with E-state index in [1.165, 1.54) is 0 Å². The van der Waals surface area contributed by atoms with Crippen molar-refractivity contribution < 1.29 is 8.42 Å². The molecule has 106 valence electrons. The molecule has 0 aliphatic heterocycles. The van der Waals surface area contributed by atoms with Crippen molar-refractivity contribution in [2.45, 2.75) is 51.0 Å². The molecule has 1 aliphatic carbocycles. The van der Waals surface area contributed by atoms with Crippen LogP contribution in [0, 0.1) is 19.8 Å². The third-order valence-electron chi connectivity index (χ3n) is 4.16. The molecule has 5 heteroatoms. The topological polar surface area (TPSA) is 72.2 Å². The number of sulfonamides is 1. The highest BCUT2D eigenvalue weighted by molar-refractivity contribution is 7.89. The lowest BCUT2D eigenvalue weighted by Crippen LogP contribution is -2.36. The predicted molar refractivity (Wildman–Crippen MR) is 77.5 cm³/mol. The molecule has 0 spiro atoms. The highest BCUT2D eigenvalue weighted by Crippen LogP contribution is 2.27. The van der Waals surface area contributed by atoms with Crippen molar-refractivity contribution in [3.63, 3.8) is 0 Å². The summed E-state index contributed by atoms with van der Waals surface area (Å²) in [5.41, 5.74) is 8.23. The fourth-order valence-electron chi connectivity index (χ4n) is 2.60. The summed E-state index contributed by atoms with van der Waals surface area (Å²) in [6, 6.07) is 3.28. The molecule has 0 saturated heterocycles. The number of hydrogen-bond acceptors (Lipinski definition) is 3. The Morgan fingerprint density at radius 1 is 1.26 bits per heavy atom. The largest absolute Gasteiger partial charge is 0.398 e. The summed E-state index contributed by atoms with van der Waals surface area (Å²) in [4.78, 5) is 0.271. The number of hydrogen-bond donors (Lipinski definition) is 2. The number of rotatable bonds is 3. The molecule has 0 heterocycles. The van der Waals surface area contributed by atoms with E-state index in [-0.39, 0.29) is 10.9 Å². The van der Waals surface area contributed by atoms with Crippen molar-refractivity contribution in [1.82, 2.24) is 4.72 Å². The monoisotopic (exact) mass is 282 g/mol. The van der Waals surface area contributed by atoms with E-state index in [1.54, 1.807) is 12.1 Å². The standard InChI is InChI=1S/C14H22N2O2S/c1-9-5-4-6-14(9)16-19(17,18)12-7-10(2)11(3)13(15)8-12/h7-9,14,16H,4-6,15H2,1-3H3. The predicted octanol–water partition coefficient (Wildman–Crippen LogP) is 2.35. The summed E-state index contributed by atoms with van der Waals surface area (Å²) in [6.45, 7) is 5.87. The molecule has 1 aliphatic rings. The lowest BCUT2D eigenvalue weighted by atomic mass is 10.1. The number of anilines is 1. The van der Waals surface area contributed by atoms with Gasteiger partial charge in [0.05, 0.1) is 4.90 Å². The number of nitrogens with two attached hydrogens (primary N) is 1. The molecule has 1 aromatic rings. The molecular formula is C14H22N2O2S. The minimum absolute atomic E-state index is 0.0489. The molecule has 1 aromatic carbocycles. The summed E-state index contributed by atoms with van der Waals surface area (Å²) in [5.74, 6) is 0.402. The van der Waals surface area contributed by atoms with Gasteiger partial charge in [-0.3, -0.25) is 0 Å². The van der Waals surface area contributed by atoms with Crippen LogP contribution < -0.4 is 10.5 Å². The van der Waals surface area contributed by atoms with Gasteiger partial charge in [0.15, 0.2) is 0 Å². The summed E-state index contributed by atoms with van der Waals surface area (Å²) in [5, 5.41) is 0. The molecule has 2 unspecified atom stereocenters. The Morgan fingerprint density at radius 3 is 2.47 bits per heavy atom. The van der Waals surface area contributed by atoms with Gasteiger partial charge in [0.1, 0.15) is 0 Å². The van der Waals surface area contributed by atoms with Gasteiger partial charge in [-0.1, -0.05) is 13.3 Å². The second kappa shape index (κ2) is 5.13. The van der Waals surface area contributed by atoms with Gasteiger partial charge in [-0.25, -0.2) is 13.1 Å². The minimum atomic E-state index is -3.47. The Morgan fingerprint density at radius 2 is 1.95 bits per heavy atom. The van der Waals surface area contributed by atoms with Crippen LogP contribution in [0.4, 0.5) is 5.69 Å². The van der Waals surface area contributed by atoms with Crippen LogP contribution in [-0.4, -0.2) is 14.5 Å². The van der Waals surface area contributed by atoms with Crippen LogP contribution in [0.2, 0.25) is 0 Å². The van der Waals surface area contributed by atoms with Gasteiger partial charge in [0, 0.05) is 11.7 Å². The molecule has 19 heavy (non-hydrogen) atoms. The van der Waals surface area contributed by atoms with Crippen molar-refractivity contribution in [3.05, 3.63) is 23.3 Å². The van der Waals surface area contributed by atoms with Crippen LogP contribution in [0.1, 0.15) is 37.3 Å². The van der Waals surface area contributed by atoms with Gasteiger partial charge < -0.3 is 5.73 Å². The van der Waals surface area contributed by atoms with Crippen molar-refractivity contribution in [2.75, 3.05) is 5.73 Å². The maximum absolute atomic E-state index is 12.4. The van der Waals surface area contributed by atoms with Gasteiger partial charge in [0.2, 0.25) is 10.0 Å². The first-order chi connectivity index (χ1) is 8.81. The molecule has 2 atom stereocenters. The molecular weight excluding hydrogens is 260 g/mol. The smallest absolute Gasteiger partial charge is 0.240 e. The molecule has 0 radical (unpaired) electrons. The fraction of sp³-hybridized carbons (Fsp3) is 0.571. The van der Waals surface area contributed by atoms with E-state index in [1.807, 2.05) is 13.8 Å². The van der Waals surface area contributed by atoms with Gasteiger partial charge >= 0.3 is 0 Å². The van der Waals surface area contributed by atoms with Crippen molar-refractivity contribution in [2.24, 2.45) is 5.92 Å². The Labute approximate surface area is 115 Å². The Hall–Kier alpha value is -1.07. The number of nitrogen functional groups attached to an aromatic ring is 1. The first kappa shape index (κ1) is 14.3. The summed E-state index contributed by atoms with van der Waals surface area (Å²) >= 11 is 0. The highest BCUT2D eigenvalue weighted by atomic mass is 32.2. The Bertz CT molecular complexity index is 558. The fourth-order valence-corrected chi connectivity index (χ4v) is 4.09. The number of benzene rings is 1. The molecule has 0 aromatic heterocycles. The zero-order chi connectivity index (χ0) is 14.2. The van der Waals surface area contributed by atoms with Crippen LogP contribution in [-0.2, 0) is 10.0 Å². The van der Waals surface area contributed by atoms with Crippen LogP contribution in [0.25, 0.3) is 0 Å². The molecule has 1 fully saturated rings. The summed E-state index contributed by atoms with van der Waals surface area (Å²) < 4.78 is 27.6. The minimum Gasteiger partial charge on any atom is -0.398 e. The third-order valence-corrected chi connectivity index (χ3v) is 5.63. The van der Waals surface area contributed by atoms with Gasteiger partial charge in [-0.2, -0.15) is 0 Å². The first-order valence-electron chi connectivity index (χ1n) is 6.70. The van der Waals surface area contributed by atoms with E-state index in [9.17, 15) is 8.42 Å². The van der Waals surface area contributed by atoms with E-state index in [2.05, 4.69) is 11.6 Å². The molecule has 0 bridgehead atoms. The first-order valence-corrected chi connectivity index (χ1v) is 8.18. The zero-order valence-electron chi connectivity index (χ0n) is 11.7. The van der Waals surface area contributed by atoms with Gasteiger partial charge in [0.25, 0.3) is 0 Å². The Balaban J connectivity index is 2.29. The summed E-state index contributed by atoms with van der Waals surface area (Å²) in [6.07, 6.45) is 3.09. The average molecular weight is 282 g/mol. The number of nitrogens with one attached hydrogen (secondary N) is 1. The van der Waals surface area contributed by atoms with Crippen LogP contribution in [0.5, 0.6) is 0 Å². The molecule has 2 rings (SSSR count). The van der Waals surface area contributed by atoms with Crippen molar-refractivity contribution in [1.29, 1.82) is 0 Å². The van der Waals surface area contributed by atoms with Gasteiger partial charge in [-0.05, 0) is 55.9 Å².